The topological polar surface area (TPSA) is 49.9 Å². The summed E-state index contributed by atoms with van der Waals surface area (Å²) in [6.45, 7) is 6.08. The number of hydrogen-bond acceptors (Lipinski definition) is 4. The van der Waals surface area contributed by atoms with Gasteiger partial charge in [0.05, 0.1) is 12.0 Å². The molecule has 1 aliphatic rings. The van der Waals surface area contributed by atoms with Crippen molar-refractivity contribution in [3.05, 3.63) is 24.3 Å². The third-order valence-corrected chi connectivity index (χ3v) is 6.27. The minimum Gasteiger partial charge on any atom is -0.497 e. The number of rotatable bonds is 8. The van der Waals surface area contributed by atoms with Crippen molar-refractivity contribution in [2.75, 3.05) is 39.8 Å². The van der Waals surface area contributed by atoms with E-state index in [0.29, 0.717) is 23.7 Å². The van der Waals surface area contributed by atoms with Crippen LogP contribution in [0.3, 0.4) is 0 Å². The summed E-state index contributed by atoms with van der Waals surface area (Å²) in [5, 5.41) is 0. The average Bonchev–Trinajstić information content (AvgIpc) is 2.59. The minimum atomic E-state index is -3.39. The molecule has 0 aliphatic carbocycles. The Hall–Kier alpha value is -1.11. The van der Waals surface area contributed by atoms with Gasteiger partial charge >= 0.3 is 0 Å². The Bertz CT molecular complexity index is 564. The van der Waals surface area contributed by atoms with Crippen molar-refractivity contribution < 1.29 is 13.2 Å². The molecule has 0 spiro atoms. The number of sulfonamides is 1. The molecule has 0 aromatic heterocycles. The van der Waals surface area contributed by atoms with Crippen molar-refractivity contribution in [1.82, 2.24) is 9.21 Å². The number of benzene rings is 1. The molecule has 1 fully saturated rings. The quantitative estimate of drug-likeness (QED) is 0.683. The number of methoxy groups -OCH3 is 1. The number of nitrogens with zero attached hydrogens (tertiary/aromatic N) is 2. The van der Waals surface area contributed by atoms with Crippen LogP contribution in [0.5, 0.6) is 5.75 Å². The Labute approximate surface area is 140 Å². The molecule has 1 saturated heterocycles. The zero-order valence-electron chi connectivity index (χ0n) is 14.2. The Balaban J connectivity index is 1.87. The summed E-state index contributed by atoms with van der Waals surface area (Å²) in [4.78, 5) is 2.71. The molecule has 0 amide bonds. The van der Waals surface area contributed by atoms with Crippen LogP contribution < -0.4 is 4.74 Å². The predicted molar refractivity (Wildman–Crippen MR) is 92.3 cm³/mol. The molecule has 0 radical (unpaired) electrons. The third-order valence-electron chi connectivity index (χ3n) is 4.36. The van der Waals surface area contributed by atoms with Crippen molar-refractivity contribution in [3.63, 3.8) is 0 Å². The number of ether oxygens (including phenoxy) is 1. The zero-order chi connectivity index (χ0) is 16.7. The second-order valence-electron chi connectivity index (χ2n) is 5.98. The van der Waals surface area contributed by atoms with Crippen LogP contribution >= 0.6 is 0 Å². The number of hydrogen-bond donors (Lipinski definition) is 0. The van der Waals surface area contributed by atoms with Gasteiger partial charge in [-0.2, -0.15) is 4.31 Å². The van der Waals surface area contributed by atoms with Crippen molar-refractivity contribution in [3.8, 4) is 5.75 Å². The summed E-state index contributed by atoms with van der Waals surface area (Å²) in [5.74, 6) is 0.667. The second kappa shape index (κ2) is 8.66. The first-order valence-electron chi connectivity index (χ1n) is 8.44. The molecule has 1 aromatic rings. The summed E-state index contributed by atoms with van der Waals surface area (Å²) in [7, 11) is -1.82. The van der Waals surface area contributed by atoms with Crippen molar-refractivity contribution in [2.45, 2.75) is 37.5 Å². The van der Waals surface area contributed by atoms with E-state index in [1.807, 2.05) is 0 Å². The molecular formula is C17H28N2O3S. The van der Waals surface area contributed by atoms with Crippen LogP contribution in [0.4, 0.5) is 0 Å². The van der Waals surface area contributed by atoms with E-state index < -0.39 is 10.0 Å². The van der Waals surface area contributed by atoms with Crippen molar-refractivity contribution in [1.29, 1.82) is 0 Å². The molecule has 1 aliphatic heterocycles. The molecule has 5 nitrogen and oxygen atoms in total. The van der Waals surface area contributed by atoms with E-state index in [1.54, 1.807) is 35.7 Å². The first-order valence-corrected chi connectivity index (χ1v) is 9.88. The van der Waals surface area contributed by atoms with E-state index in [-0.39, 0.29) is 0 Å². The van der Waals surface area contributed by atoms with E-state index >= 15 is 0 Å². The maximum atomic E-state index is 12.7. The molecule has 0 unspecified atom stereocenters. The van der Waals surface area contributed by atoms with Gasteiger partial charge < -0.3 is 9.64 Å². The second-order valence-corrected chi connectivity index (χ2v) is 7.92. The normalized spacial score (nSPS) is 17.3. The van der Waals surface area contributed by atoms with Gasteiger partial charge in [-0.25, -0.2) is 8.42 Å². The molecule has 0 bridgehead atoms. The fourth-order valence-corrected chi connectivity index (χ4v) is 4.27. The smallest absolute Gasteiger partial charge is 0.243 e. The molecule has 130 valence electrons. The average molecular weight is 340 g/mol. The van der Waals surface area contributed by atoms with E-state index in [1.165, 1.54) is 25.7 Å². The summed E-state index contributed by atoms with van der Waals surface area (Å²) < 4.78 is 32.0. The lowest BCUT2D eigenvalue weighted by Gasteiger charge is -2.34. The Morgan fingerprint density at radius 1 is 1.00 bits per heavy atom. The van der Waals surface area contributed by atoms with Crippen LogP contribution in [0.1, 0.15) is 32.6 Å². The fourth-order valence-electron chi connectivity index (χ4n) is 2.85. The highest BCUT2D eigenvalue weighted by Gasteiger charge is 2.28. The molecule has 0 saturated carbocycles. The lowest BCUT2D eigenvalue weighted by molar-refractivity contribution is 0.185. The van der Waals surface area contributed by atoms with Gasteiger partial charge in [0.2, 0.25) is 10.0 Å². The monoisotopic (exact) mass is 340 g/mol. The highest BCUT2D eigenvalue weighted by molar-refractivity contribution is 7.89. The molecule has 1 aromatic carbocycles. The Morgan fingerprint density at radius 2 is 1.65 bits per heavy atom. The van der Waals surface area contributed by atoms with E-state index in [2.05, 4.69) is 11.8 Å². The predicted octanol–water partition coefficient (Wildman–Crippen LogP) is 2.58. The molecule has 2 rings (SSSR count). The molecule has 23 heavy (non-hydrogen) atoms. The van der Waals surface area contributed by atoms with E-state index in [9.17, 15) is 8.42 Å². The summed E-state index contributed by atoms with van der Waals surface area (Å²) >= 11 is 0. The molecule has 0 atom stereocenters. The molecule has 0 N–H and O–H groups in total. The lowest BCUT2D eigenvalue weighted by atomic mass is 10.2. The standard InChI is InChI=1S/C17H28N2O3S/c1-3-4-5-6-11-18-12-14-19(15-13-18)23(20,21)17-9-7-16(22-2)8-10-17/h7-10H,3-6,11-15H2,1-2H3. The van der Waals surface area contributed by atoms with Crippen molar-refractivity contribution >= 4 is 10.0 Å². The molecule has 1 heterocycles. The van der Waals surface area contributed by atoms with Gasteiger partial charge in [-0.05, 0) is 37.2 Å². The van der Waals surface area contributed by atoms with E-state index in [4.69, 9.17) is 4.74 Å². The van der Waals surface area contributed by atoms with Gasteiger partial charge in [-0.3, -0.25) is 0 Å². The van der Waals surface area contributed by atoms with Gasteiger partial charge in [0.25, 0.3) is 0 Å². The minimum absolute atomic E-state index is 0.342. The Kier molecular flexibility index (Phi) is 6.87. The highest BCUT2D eigenvalue weighted by Crippen LogP contribution is 2.20. The zero-order valence-corrected chi connectivity index (χ0v) is 15.0. The fraction of sp³-hybridized carbons (Fsp3) is 0.647. The maximum absolute atomic E-state index is 12.7. The molecule has 6 heteroatoms. The van der Waals surface area contributed by atoms with Gasteiger partial charge in [0.1, 0.15) is 5.75 Å². The van der Waals surface area contributed by atoms with Crippen LogP contribution in [-0.2, 0) is 10.0 Å². The summed E-state index contributed by atoms with van der Waals surface area (Å²) in [6, 6.07) is 6.62. The SMILES string of the molecule is CCCCCCN1CCN(S(=O)(=O)c2ccc(OC)cc2)CC1. The van der Waals surface area contributed by atoms with Gasteiger partial charge in [-0.15, -0.1) is 0 Å². The van der Waals surface area contributed by atoms with Crippen LogP contribution in [0.2, 0.25) is 0 Å². The largest absolute Gasteiger partial charge is 0.497 e. The third kappa shape index (κ3) is 4.93. The maximum Gasteiger partial charge on any atom is 0.243 e. The van der Waals surface area contributed by atoms with Crippen LogP contribution in [0.25, 0.3) is 0 Å². The number of unbranched alkanes of at least 4 members (excludes halogenated alkanes) is 3. The Morgan fingerprint density at radius 3 is 2.22 bits per heavy atom. The van der Waals surface area contributed by atoms with Gasteiger partial charge in [0, 0.05) is 26.2 Å². The first-order chi connectivity index (χ1) is 11.1. The summed E-state index contributed by atoms with van der Waals surface area (Å²) in [5.41, 5.74) is 0. The summed E-state index contributed by atoms with van der Waals surface area (Å²) in [6.07, 6.45) is 5.00. The first kappa shape index (κ1) is 18.2. The van der Waals surface area contributed by atoms with Gasteiger partial charge in [0.15, 0.2) is 0 Å². The number of piperazine rings is 1. The molecular weight excluding hydrogens is 312 g/mol. The van der Waals surface area contributed by atoms with Crippen LogP contribution in [0, 0.1) is 0 Å². The van der Waals surface area contributed by atoms with Crippen LogP contribution in [-0.4, -0.2) is 57.5 Å². The highest BCUT2D eigenvalue weighted by atomic mass is 32.2. The van der Waals surface area contributed by atoms with E-state index in [0.717, 1.165) is 19.6 Å². The van der Waals surface area contributed by atoms with Gasteiger partial charge in [-0.1, -0.05) is 26.2 Å². The lowest BCUT2D eigenvalue weighted by Crippen LogP contribution is -2.48. The van der Waals surface area contributed by atoms with Crippen LogP contribution in [0.15, 0.2) is 29.2 Å². The van der Waals surface area contributed by atoms with Crippen molar-refractivity contribution in [2.24, 2.45) is 0 Å².